The molecule has 0 fully saturated rings. The number of alkyl carbamates (subject to hydrolysis) is 1. The van der Waals surface area contributed by atoms with E-state index in [1.165, 1.54) is 7.11 Å². The van der Waals surface area contributed by atoms with E-state index in [1.54, 1.807) is 0 Å². The van der Waals surface area contributed by atoms with Crippen LogP contribution in [-0.4, -0.2) is 37.2 Å². The molecule has 7 nitrogen and oxygen atoms in total. The molecule has 1 rings (SSSR count). The smallest absolute Gasteiger partial charge is 0.408 e. The molecule has 0 heterocycles. The van der Waals surface area contributed by atoms with Crippen LogP contribution in [0.1, 0.15) is 45.6 Å². The van der Waals surface area contributed by atoms with Crippen LogP contribution in [0.4, 0.5) is 4.79 Å². The molecule has 1 aromatic carbocycles. The number of hydrogen-bond donors (Lipinski definition) is 2. The van der Waals surface area contributed by atoms with Gasteiger partial charge in [0.25, 0.3) is 0 Å². The van der Waals surface area contributed by atoms with Crippen molar-refractivity contribution >= 4 is 18.0 Å². The first-order chi connectivity index (χ1) is 12.9. The van der Waals surface area contributed by atoms with Gasteiger partial charge in [-0.1, -0.05) is 63.9 Å². The predicted octanol–water partition coefficient (Wildman–Crippen LogP) is 2.79. The molecule has 2 N–H and O–H groups in total. The number of carbonyl (C=O) groups is 3. The topological polar surface area (TPSA) is 93.7 Å². The number of hydrogen-bond acceptors (Lipinski definition) is 5. The Bertz CT molecular complexity index is 606. The van der Waals surface area contributed by atoms with Crippen LogP contribution < -0.4 is 10.6 Å². The number of ether oxygens (including phenoxy) is 2. The van der Waals surface area contributed by atoms with Crippen LogP contribution in [-0.2, 0) is 25.7 Å². The van der Waals surface area contributed by atoms with Crippen molar-refractivity contribution in [3.63, 3.8) is 0 Å². The van der Waals surface area contributed by atoms with E-state index in [2.05, 4.69) is 10.6 Å². The SMILES string of the molecule is CCC[C@H](NC(=O)[C@@H](NC(=O)OCc1ccccc1)[C@@H](C)CC)C(=O)OC. The highest BCUT2D eigenvalue weighted by Crippen LogP contribution is 2.10. The zero-order valence-corrected chi connectivity index (χ0v) is 16.5. The molecule has 0 saturated carbocycles. The number of methoxy groups -OCH3 is 1. The molecule has 0 bridgehead atoms. The van der Waals surface area contributed by atoms with Crippen LogP contribution in [0.25, 0.3) is 0 Å². The van der Waals surface area contributed by atoms with Crippen molar-refractivity contribution < 1.29 is 23.9 Å². The first-order valence-electron chi connectivity index (χ1n) is 9.28. The fourth-order valence-electron chi connectivity index (χ4n) is 2.54. The first-order valence-corrected chi connectivity index (χ1v) is 9.28. The normalized spacial score (nSPS) is 13.8. The quantitative estimate of drug-likeness (QED) is 0.611. The maximum Gasteiger partial charge on any atom is 0.408 e. The van der Waals surface area contributed by atoms with Crippen molar-refractivity contribution in [3.8, 4) is 0 Å². The van der Waals surface area contributed by atoms with E-state index >= 15 is 0 Å². The van der Waals surface area contributed by atoms with Crippen LogP contribution in [0.2, 0.25) is 0 Å². The highest BCUT2D eigenvalue weighted by molar-refractivity contribution is 5.89. The second kappa shape index (κ2) is 11.9. The zero-order valence-electron chi connectivity index (χ0n) is 16.5. The lowest BCUT2D eigenvalue weighted by Crippen LogP contribution is -2.54. The van der Waals surface area contributed by atoms with Crippen molar-refractivity contribution in [2.24, 2.45) is 5.92 Å². The highest BCUT2D eigenvalue weighted by atomic mass is 16.5. The third-order valence-electron chi connectivity index (χ3n) is 4.36. The molecule has 0 aliphatic heterocycles. The van der Waals surface area contributed by atoms with E-state index in [4.69, 9.17) is 9.47 Å². The van der Waals surface area contributed by atoms with Crippen molar-refractivity contribution in [3.05, 3.63) is 35.9 Å². The maximum absolute atomic E-state index is 12.7. The van der Waals surface area contributed by atoms with Gasteiger partial charge in [-0.25, -0.2) is 9.59 Å². The summed E-state index contributed by atoms with van der Waals surface area (Å²) in [6.45, 7) is 5.80. The average molecular weight is 378 g/mol. The first kappa shape index (κ1) is 22.5. The molecule has 0 aliphatic carbocycles. The van der Waals surface area contributed by atoms with E-state index in [9.17, 15) is 14.4 Å². The summed E-state index contributed by atoms with van der Waals surface area (Å²) in [5, 5.41) is 5.30. The van der Waals surface area contributed by atoms with E-state index in [0.29, 0.717) is 19.3 Å². The van der Waals surface area contributed by atoms with Gasteiger partial charge in [0.2, 0.25) is 5.91 Å². The molecule has 27 heavy (non-hydrogen) atoms. The van der Waals surface area contributed by atoms with Crippen LogP contribution in [0, 0.1) is 5.92 Å². The minimum absolute atomic E-state index is 0.113. The molecular formula is C20H30N2O5. The van der Waals surface area contributed by atoms with Gasteiger partial charge in [-0.3, -0.25) is 4.79 Å². The van der Waals surface area contributed by atoms with Gasteiger partial charge >= 0.3 is 12.1 Å². The minimum Gasteiger partial charge on any atom is -0.467 e. The van der Waals surface area contributed by atoms with Gasteiger partial charge in [-0.15, -0.1) is 0 Å². The Morgan fingerprint density at radius 3 is 2.30 bits per heavy atom. The van der Waals surface area contributed by atoms with Crippen LogP contribution in [0.3, 0.4) is 0 Å². The molecule has 3 atom stereocenters. The highest BCUT2D eigenvalue weighted by Gasteiger charge is 2.30. The Labute approximate surface area is 160 Å². The van der Waals surface area contributed by atoms with E-state index < -0.39 is 30.1 Å². The van der Waals surface area contributed by atoms with Gasteiger partial charge in [-0.05, 0) is 17.9 Å². The van der Waals surface area contributed by atoms with Crippen LogP contribution >= 0.6 is 0 Å². The maximum atomic E-state index is 12.7. The molecule has 0 spiro atoms. The van der Waals surface area contributed by atoms with Crippen LogP contribution in [0.5, 0.6) is 0 Å². The third-order valence-corrected chi connectivity index (χ3v) is 4.36. The summed E-state index contributed by atoms with van der Waals surface area (Å²) in [7, 11) is 1.28. The summed E-state index contributed by atoms with van der Waals surface area (Å²) in [5.41, 5.74) is 0.853. The zero-order chi connectivity index (χ0) is 20.2. The predicted molar refractivity (Wildman–Crippen MR) is 102 cm³/mol. The monoisotopic (exact) mass is 378 g/mol. The Kier molecular flexibility index (Phi) is 9.93. The van der Waals surface area contributed by atoms with Gasteiger partial charge < -0.3 is 20.1 Å². The summed E-state index contributed by atoms with van der Waals surface area (Å²) in [4.78, 5) is 36.6. The lowest BCUT2D eigenvalue weighted by atomic mass is 9.98. The lowest BCUT2D eigenvalue weighted by molar-refractivity contribution is -0.145. The Morgan fingerprint density at radius 1 is 1.07 bits per heavy atom. The second-order valence-corrected chi connectivity index (χ2v) is 6.44. The van der Waals surface area contributed by atoms with Crippen molar-refractivity contribution in [1.29, 1.82) is 0 Å². The molecular weight excluding hydrogens is 348 g/mol. The molecule has 7 heteroatoms. The van der Waals surface area contributed by atoms with Crippen molar-refractivity contribution in [2.75, 3.05) is 7.11 Å². The summed E-state index contributed by atoms with van der Waals surface area (Å²) < 4.78 is 9.94. The summed E-state index contributed by atoms with van der Waals surface area (Å²) in [6.07, 6.45) is 1.17. The number of rotatable bonds is 10. The molecule has 0 unspecified atom stereocenters. The molecule has 0 aromatic heterocycles. The minimum atomic E-state index is -0.803. The standard InChI is InChI=1S/C20H30N2O5/c1-5-10-16(19(24)26-4)21-18(23)17(14(3)6-2)22-20(25)27-13-15-11-8-7-9-12-15/h7-9,11-12,14,16-17H,5-6,10,13H2,1-4H3,(H,21,23)(H,22,25)/t14-,16-,17-/m0/s1. The third kappa shape index (κ3) is 7.68. The Hall–Kier alpha value is -2.57. The van der Waals surface area contributed by atoms with E-state index in [0.717, 1.165) is 5.56 Å². The number of carbonyl (C=O) groups excluding carboxylic acids is 3. The lowest BCUT2D eigenvalue weighted by Gasteiger charge is -2.25. The van der Waals surface area contributed by atoms with Crippen molar-refractivity contribution in [1.82, 2.24) is 10.6 Å². The summed E-state index contributed by atoms with van der Waals surface area (Å²) in [6, 6.07) is 7.74. The summed E-state index contributed by atoms with van der Waals surface area (Å²) in [5.74, 6) is -1.06. The van der Waals surface area contributed by atoms with Gasteiger partial charge in [-0.2, -0.15) is 0 Å². The molecule has 2 amide bonds. The molecule has 0 saturated heterocycles. The van der Waals surface area contributed by atoms with Crippen molar-refractivity contribution in [2.45, 2.75) is 58.7 Å². The molecule has 150 valence electrons. The summed E-state index contributed by atoms with van der Waals surface area (Å²) >= 11 is 0. The number of amides is 2. The number of nitrogens with one attached hydrogen (secondary N) is 2. The van der Waals surface area contributed by atoms with Gasteiger partial charge in [0.05, 0.1) is 7.11 Å². The average Bonchev–Trinajstić information content (AvgIpc) is 2.69. The van der Waals surface area contributed by atoms with Gasteiger partial charge in [0, 0.05) is 0 Å². The van der Waals surface area contributed by atoms with E-state index in [1.807, 2.05) is 51.1 Å². The molecule has 0 radical (unpaired) electrons. The Balaban J connectivity index is 2.71. The fraction of sp³-hybridized carbons (Fsp3) is 0.550. The largest absolute Gasteiger partial charge is 0.467 e. The number of benzene rings is 1. The molecule has 1 aromatic rings. The molecule has 0 aliphatic rings. The van der Waals surface area contributed by atoms with E-state index in [-0.39, 0.29) is 12.5 Å². The second-order valence-electron chi connectivity index (χ2n) is 6.44. The van der Waals surface area contributed by atoms with Gasteiger partial charge in [0.15, 0.2) is 0 Å². The Morgan fingerprint density at radius 2 is 1.74 bits per heavy atom. The fourth-order valence-corrected chi connectivity index (χ4v) is 2.54. The van der Waals surface area contributed by atoms with Gasteiger partial charge in [0.1, 0.15) is 18.7 Å². The van der Waals surface area contributed by atoms with Crippen LogP contribution in [0.15, 0.2) is 30.3 Å². The number of esters is 1.